The number of nitrogens with zero attached hydrogens (tertiary/aromatic N) is 2. The number of rotatable bonds is 3. The molecular formula is C15H29N3O2S. The van der Waals surface area contributed by atoms with Gasteiger partial charge in [0.2, 0.25) is 0 Å². The fourth-order valence-electron chi connectivity index (χ4n) is 3.08. The van der Waals surface area contributed by atoms with Crippen molar-refractivity contribution < 1.29 is 8.42 Å². The molecule has 2 rings (SSSR count). The van der Waals surface area contributed by atoms with Gasteiger partial charge in [-0.2, -0.15) is 17.0 Å². The van der Waals surface area contributed by atoms with Crippen molar-refractivity contribution >= 4 is 10.2 Å². The smallest absolute Gasteiger partial charge is 0.282 e. The van der Waals surface area contributed by atoms with Gasteiger partial charge in [0, 0.05) is 26.2 Å². The Bertz CT molecular complexity index is 486. The van der Waals surface area contributed by atoms with Gasteiger partial charge in [0.15, 0.2) is 0 Å². The molecule has 0 atom stereocenters. The van der Waals surface area contributed by atoms with E-state index in [9.17, 15) is 8.42 Å². The Morgan fingerprint density at radius 2 is 1.81 bits per heavy atom. The lowest BCUT2D eigenvalue weighted by atomic mass is 9.83. The maximum Gasteiger partial charge on any atom is 0.282 e. The molecule has 1 saturated heterocycles. The van der Waals surface area contributed by atoms with E-state index < -0.39 is 10.2 Å². The van der Waals surface area contributed by atoms with Gasteiger partial charge in [-0.05, 0) is 37.1 Å². The highest BCUT2D eigenvalue weighted by molar-refractivity contribution is 7.86. The highest BCUT2D eigenvalue weighted by Gasteiger charge is 2.34. The molecule has 1 fully saturated rings. The molecule has 0 amide bonds. The molecule has 0 bridgehead atoms. The van der Waals surface area contributed by atoms with Crippen LogP contribution in [-0.4, -0.2) is 49.8 Å². The summed E-state index contributed by atoms with van der Waals surface area (Å²) in [4.78, 5) is 0. The maximum absolute atomic E-state index is 12.7. The fraction of sp³-hybridized carbons (Fsp3) is 0.867. The van der Waals surface area contributed by atoms with Gasteiger partial charge in [0.05, 0.1) is 0 Å². The van der Waals surface area contributed by atoms with Crippen molar-refractivity contribution in [3.63, 3.8) is 0 Å². The summed E-state index contributed by atoms with van der Waals surface area (Å²) < 4.78 is 28.6. The second-order valence-corrected chi connectivity index (χ2v) is 9.10. The van der Waals surface area contributed by atoms with E-state index in [1.807, 2.05) is 0 Å². The second kappa shape index (κ2) is 6.36. The van der Waals surface area contributed by atoms with Gasteiger partial charge in [0.1, 0.15) is 0 Å². The van der Waals surface area contributed by atoms with Crippen LogP contribution in [0.15, 0.2) is 11.6 Å². The first-order valence-electron chi connectivity index (χ1n) is 7.90. The van der Waals surface area contributed by atoms with Crippen molar-refractivity contribution in [2.24, 2.45) is 17.1 Å². The summed E-state index contributed by atoms with van der Waals surface area (Å²) >= 11 is 0. The molecule has 2 heterocycles. The normalized spacial score (nSPS) is 24.1. The first-order valence-corrected chi connectivity index (χ1v) is 9.29. The van der Waals surface area contributed by atoms with E-state index in [2.05, 4.69) is 26.8 Å². The number of piperidine rings is 1. The molecule has 6 heteroatoms. The van der Waals surface area contributed by atoms with Crippen LogP contribution in [0.5, 0.6) is 0 Å². The molecule has 5 nitrogen and oxygen atoms in total. The van der Waals surface area contributed by atoms with Crippen LogP contribution in [0.25, 0.3) is 0 Å². The first kappa shape index (κ1) is 16.9. The van der Waals surface area contributed by atoms with Crippen LogP contribution in [0.1, 0.15) is 40.0 Å². The summed E-state index contributed by atoms with van der Waals surface area (Å²) in [6.45, 7) is 9.53. The van der Waals surface area contributed by atoms with Gasteiger partial charge < -0.3 is 5.73 Å². The van der Waals surface area contributed by atoms with Crippen LogP contribution in [-0.2, 0) is 10.2 Å². The van der Waals surface area contributed by atoms with Gasteiger partial charge in [-0.25, -0.2) is 0 Å². The zero-order chi connectivity index (χ0) is 15.7. The van der Waals surface area contributed by atoms with E-state index in [1.54, 1.807) is 8.61 Å². The summed E-state index contributed by atoms with van der Waals surface area (Å²) in [7, 11) is -3.30. The molecule has 0 unspecified atom stereocenters. The second-order valence-electron chi connectivity index (χ2n) is 7.17. The summed E-state index contributed by atoms with van der Waals surface area (Å²) in [6.07, 6.45) is 4.69. The molecule has 0 aromatic carbocycles. The molecule has 0 saturated carbocycles. The molecule has 0 aromatic heterocycles. The average Bonchev–Trinajstić information content (AvgIpc) is 2.46. The Balaban J connectivity index is 2.01. The molecule has 2 N–H and O–H groups in total. The van der Waals surface area contributed by atoms with E-state index in [1.165, 1.54) is 5.57 Å². The highest BCUT2D eigenvalue weighted by atomic mass is 32.2. The quantitative estimate of drug-likeness (QED) is 0.804. The van der Waals surface area contributed by atoms with E-state index in [0.717, 1.165) is 19.3 Å². The lowest BCUT2D eigenvalue weighted by Crippen LogP contribution is -2.49. The van der Waals surface area contributed by atoms with Crippen LogP contribution in [0, 0.1) is 11.3 Å². The fourth-order valence-corrected chi connectivity index (χ4v) is 4.66. The minimum Gasteiger partial charge on any atom is -0.330 e. The lowest BCUT2D eigenvalue weighted by Gasteiger charge is -2.37. The zero-order valence-corrected chi connectivity index (χ0v) is 14.3. The number of hydrogen-bond acceptors (Lipinski definition) is 3. The highest BCUT2D eigenvalue weighted by Crippen LogP contribution is 2.31. The molecule has 0 aromatic rings. The Labute approximate surface area is 129 Å². The first-order chi connectivity index (χ1) is 9.75. The molecular weight excluding hydrogens is 286 g/mol. The Morgan fingerprint density at radius 1 is 1.19 bits per heavy atom. The van der Waals surface area contributed by atoms with E-state index >= 15 is 0 Å². The minimum atomic E-state index is -3.30. The van der Waals surface area contributed by atoms with E-state index in [-0.39, 0.29) is 5.41 Å². The number of hydrogen-bond donors (Lipinski definition) is 1. The van der Waals surface area contributed by atoms with Gasteiger partial charge in [-0.3, -0.25) is 0 Å². The predicted octanol–water partition coefficient (Wildman–Crippen LogP) is 1.58. The summed E-state index contributed by atoms with van der Waals surface area (Å²) in [6, 6.07) is 0. The molecule has 2 aliphatic rings. The topological polar surface area (TPSA) is 66.6 Å². The van der Waals surface area contributed by atoms with Crippen molar-refractivity contribution in [1.29, 1.82) is 0 Å². The monoisotopic (exact) mass is 315 g/mol. The third kappa shape index (κ3) is 3.86. The SMILES string of the molecule is CC(C)(C)C1=CCN(S(=O)(=O)N2CCC(CN)CC2)CC1. The van der Waals surface area contributed by atoms with Crippen LogP contribution in [0.4, 0.5) is 0 Å². The third-order valence-electron chi connectivity index (χ3n) is 4.69. The molecule has 122 valence electrons. The van der Waals surface area contributed by atoms with Gasteiger partial charge >= 0.3 is 0 Å². The molecule has 21 heavy (non-hydrogen) atoms. The third-order valence-corrected chi connectivity index (χ3v) is 6.70. The predicted molar refractivity (Wildman–Crippen MR) is 86.0 cm³/mol. The van der Waals surface area contributed by atoms with Crippen molar-refractivity contribution in [3.8, 4) is 0 Å². The van der Waals surface area contributed by atoms with Crippen LogP contribution < -0.4 is 5.73 Å². The zero-order valence-electron chi connectivity index (χ0n) is 13.5. The van der Waals surface area contributed by atoms with Crippen LogP contribution >= 0.6 is 0 Å². The Kier molecular flexibility index (Phi) is 5.13. The Hall–Kier alpha value is -0.430. The van der Waals surface area contributed by atoms with Crippen molar-refractivity contribution in [2.45, 2.75) is 40.0 Å². The van der Waals surface area contributed by atoms with Crippen molar-refractivity contribution in [3.05, 3.63) is 11.6 Å². The molecule has 0 spiro atoms. The molecule has 0 radical (unpaired) electrons. The summed E-state index contributed by atoms with van der Waals surface area (Å²) in [5, 5.41) is 0. The Morgan fingerprint density at radius 3 is 2.24 bits per heavy atom. The largest absolute Gasteiger partial charge is 0.330 e. The van der Waals surface area contributed by atoms with Gasteiger partial charge in [-0.15, -0.1) is 0 Å². The number of nitrogens with two attached hydrogens (primary N) is 1. The van der Waals surface area contributed by atoms with Gasteiger partial charge in [-0.1, -0.05) is 32.4 Å². The van der Waals surface area contributed by atoms with Crippen LogP contribution in [0.3, 0.4) is 0 Å². The molecule has 2 aliphatic heterocycles. The summed E-state index contributed by atoms with van der Waals surface area (Å²) in [5.74, 6) is 0.477. The van der Waals surface area contributed by atoms with Crippen LogP contribution in [0.2, 0.25) is 0 Å². The van der Waals surface area contributed by atoms with Crippen molar-refractivity contribution in [1.82, 2.24) is 8.61 Å². The average molecular weight is 315 g/mol. The minimum absolute atomic E-state index is 0.134. The standard InChI is InChI=1S/C15H29N3O2S/c1-15(2,3)14-6-10-18(11-7-14)21(19,20)17-8-4-13(12-16)5-9-17/h6,13H,4-5,7-12,16H2,1-3H3. The van der Waals surface area contributed by atoms with E-state index in [0.29, 0.717) is 38.6 Å². The van der Waals surface area contributed by atoms with Crippen molar-refractivity contribution in [2.75, 3.05) is 32.7 Å². The maximum atomic E-state index is 12.7. The van der Waals surface area contributed by atoms with E-state index in [4.69, 9.17) is 5.73 Å². The summed E-state index contributed by atoms with van der Waals surface area (Å²) in [5.41, 5.74) is 7.16. The van der Waals surface area contributed by atoms with Gasteiger partial charge in [0.25, 0.3) is 10.2 Å². The lowest BCUT2D eigenvalue weighted by molar-refractivity contribution is 0.257. The molecule has 0 aliphatic carbocycles.